The molecule has 0 saturated heterocycles. The molecule has 11 heavy (non-hydrogen) atoms. The zero-order valence-electron chi connectivity index (χ0n) is 6.96. The SMILES string of the molecule is CNC(C)Nc1ccccc1. The van der Waals surface area contributed by atoms with Crippen LogP contribution >= 0.6 is 0 Å². The van der Waals surface area contributed by atoms with Crippen LogP contribution < -0.4 is 10.6 Å². The fraction of sp³-hybridized carbons (Fsp3) is 0.333. The Kier molecular flexibility index (Phi) is 2.93. The molecule has 0 saturated carbocycles. The van der Waals surface area contributed by atoms with Gasteiger partial charge in [-0.2, -0.15) is 0 Å². The molecule has 0 bridgehead atoms. The quantitative estimate of drug-likeness (QED) is 0.640. The van der Waals surface area contributed by atoms with Gasteiger partial charge in [0.1, 0.15) is 0 Å². The van der Waals surface area contributed by atoms with Gasteiger partial charge in [0.25, 0.3) is 0 Å². The van der Waals surface area contributed by atoms with Gasteiger partial charge < -0.3 is 10.6 Å². The van der Waals surface area contributed by atoms with Crippen molar-refractivity contribution in [2.45, 2.75) is 13.1 Å². The van der Waals surface area contributed by atoms with Crippen molar-refractivity contribution in [1.29, 1.82) is 0 Å². The van der Waals surface area contributed by atoms with E-state index in [2.05, 4.69) is 17.6 Å². The van der Waals surface area contributed by atoms with E-state index in [-0.39, 0.29) is 0 Å². The topological polar surface area (TPSA) is 24.1 Å². The molecule has 1 aromatic carbocycles. The molecule has 0 aromatic heterocycles. The lowest BCUT2D eigenvalue weighted by atomic mass is 10.3. The van der Waals surface area contributed by atoms with Gasteiger partial charge in [0.05, 0.1) is 6.17 Å². The molecule has 2 N–H and O–H groups in total. The van der Waals surface area contributed by atoms with Crippen LogP contribution in [0.15, 0.2) is 30.3 Å². The average Bonchev–Trinajstić information content (AvgIpc) is 2.06. The monoisotopic (exact) mass is 150 g/mol. The second-order valence-electron chi connectivity index (χ2n) is 2.52. The zero-order valence-corrected chi connectivity index (χ0v) is 6.96. The molecule has 60 valence electrons. The van der Waals surface area contributed by atoms with Crippen LogP contribution in [0.2, 0.25) is 0 Å². The molecule has 2 nitrogen and oxygen atoms in total. The first kappa shape index (κ1) is 8.08. The molecule has 0 heterocycles. The molecule has 0 spiro atoms. The van der Waals surface area contributed by atoms with Gasteiger partial charge in [-0.3, -0.25) is 0 Å². The van der Waals surface area contributed by atoms with Crippen LogP contribution in [-0.4, -0.2) is 13.2 Å². The summed E-state index contributed by atoms with van der Waals surface area (Å²) in [5, 5.41) is 6.38. The Bertz CT molecular complexity index is 196. The van der Waals surface area contributed by atoms with E-state index >= 15 is 0 Å². The minimum atomic E-state index is 0.317. The molecular formula is C9H14N2. The lowest BCUT2D eigenvalue weighted by Crippen LogP contribution is -2.29. The predicted molar refractivity (Wildman–Crippen MR) is 48.6 cm³/mol. The second kappa shape index (κ2) is 3.98. The van der Waals surface area contributed by atoms with Crippen molar-refractivity contribution in [1.82, 2.24) is 5.32 Å². The van der Waals surface area contributed by atoms with E-state index in [9.17, 15) is 0 Å². The Labute approximate surface area is 67.6 Å². The second-order valence-corrected chi connectivity index (χ2v) is 2.52. The number of anilines is 1. The van der Waals surface area contributed by atoms with Crippen LogP contribution in [0.25, 0.3) is 0 Å². The first-order valence-electron chi connectivity index (χ1n) is 3.82. The minimum Gasteiger partial charge on any atom is -0.370 e. The van der Waals surface area contributed by atoms with Crippen molar-refractivity contribution in [3.8, 4) is 0 Å². The molecule has 1 unspecified atom stereocenters. The van der Waals surface area contributed by atoms with E-state index in [1.165, 1.54) is 0 Å². The van der Waals surface area contributed by atoms with Gasteiger partial charge in [-0.1, -0.05) is 18.2 Å². The molecular weight excluding hydrogens is 136 g/mol. The Morgan fingerprint density at radius 2 is 1.82 bits per heavy atom. The highest BCUT2D eigenvalue weighted by molar-refractivity contribution is 5.42. The minimum absolute atomic E-state index is 0.317. The average molecular weight is 150 g/mol. The van der Waals surface area contributed by atoms with Gasteiger partial charge in [0.2, 0.25) is 0 Å². The van der Waals surface area contributed by atoms with Gasteiger partial charge in [-0.15, -0.1) is 0 Å². The van der Waals surface area contributed by atoms with Crippen molar-refractivity contribution in [3.63, 3.8) is 0 Å². The predicted octanol–water partition coefficient (Wildman–Crippen LogP) is 1.66. The van der Waals surface area contributed by atoms with Crippen LogP contribution in [0.5, 0.6) is 0 Å². The zero-order chi connectivity index (χ0) is 8.10. The molecule has 0 aliphatic rings. The fourth-order valence-electron chi connectivity index (χ4n) is 0.857. The third-order valence-corrected chi connectivity index (χ3v) is 1.59. The Morgan fingerprint density at radius 1 is 1.18 bits per heavy atom. The standard InChI is InChI=1S/C9H14N2/c1-8(10-2)11-9-6-4-3-5-7-9/h3-8,10-11H,1-2H3. The van der Waals surface area contributed by atoms with Gasteiger partial charge in [0, 0.05) is 5.69 Å². The summed E-state index contributed by atoms with van der Waals surface area (Å²) in [5.74, 6) is 0. The fourth-order valence-corrected chi connectivity index (χ4v) is 0.857. The van der Waals surface area contributed by atoms with Crippen LogP contribution in [0.4, 0.5) is 5.69 Å². The summed E-state index contributed by atoms with van der Waals surface area (Å²) in [6.45, 7) is 2.08. The maximum Gasteiger partial charge on any atom is 0.0736 e. The van der Waals surface area contributed by atoms with Gasteiger partial charge in [0.15, 0.2) is 0 Å². The molecule has 0 radical (unpaired) electrons. The summed E-state index contributed by atoms with van der Waals surface area (Å²) in [4.78, 5) is 0. The summed E-state index contributed by atoms with van der Waals surface area (Å²) in [6.07, 6.45) is 0.317. The number of hydrogen-bond acceptors (Lipinski definition) is 2. The van der Waals surface area contributed by atoms with Crippen LogP contribution in [0.1, 0.15) is 6.92 Å². The van der Waals surface area contributed by atoms with E-state index in [1.54, 1.807) is 0 Å². The Morgan fingerprint density at radius 3 is 2.36 bits per heavy atom. The molecule has 0 aliphatic carbocycles. The van der Waals surface area contributed by atoms with E-state index in [4.69, 9.17) is 0 Å². The third-order valence-electron chi connectivity index (χ3n) is 1.59. The van der Waals surface area contributed by atoms with Crippen molar-refractivity contribution < 1.29 is 0 Å². The highest BCUT2D eigenvalue weighted by Gasteiger charge is 1.94. The van der Waals surface area contributed by atoms with Crippen molar-refractivity contribution in [2.24, 2.45) is 0 Å². The summed E-state index contributed by atoms with van der Waals surface area (Å²) in [6, 6.07) is 10.1. The highest BCUT2D eigenvalue weighted by Crippen LogP contribution is 2.05. The summed E-state index contributed by atoms with van der Waals surface area (Å²) < 4.78 is 0. The molecule has 1 aromatic rings. The molecule has 0 amide bonds. The smallest absolute Gasteiger partial charge is 0.0736 e. The van der Waals surface area contributed by atoms with E-state index in [0.29, 0.717) is 6.17 Å². The first-order chi connectivity index (χ1) is 5.33. The normalized spacial score (nSPS) is 12.5. The van der Waals surface area contributed by atoms with Crippen molar-refractivity contribution >= 4 is 5.69 Å². The summed E-state index contributed by atoms with van der Waals surface area (Å²) in [7, 11) is 1.93. The number of benzene rings is 1. The largest absolute Gasteiger partial charge is 0.370 e. The van der Waals surface area contributed by atoms with Gasteiger partial charge in [-0.05, 0) is 26.1 Å². The van der Waals surface area contributed by atoms with Crippen molar-refractivity contribution in [2.75, 3.05) is 12.4 Å². The molecule has 1 rings (SSSR count). The molecule has 0 aliphatic heterocycles. The summed E-state index contributed by atoms with van der Waals surface area (Å²) >= 11 is 0. The van der Waals surface area contributed by atoms with E-state index in [1.807, 2.05) is 37.4 Å². The Hall–Kier alpha value is -1.02. The van der Waals surface area contributed by atoms with Crippen LogP contribution in [0.3, 0.4) is 0 Å². The summed E-state index contributed by atoms with van der Waals surface area (Å²) in [5.41, 5.74) is 1.15. The number of nitrogens with one attached hydrogen (secondary N) is 2. The van der Waals surface area contributed by atoms with Gasteiger partial charge >= 0.3 is 0 Å². The van der Waals surface area contributed by atoms with Crippen molar-refractivity contribution in [3.05, 3.63) is 30.3 Å². The molecule has 2 heteroatoms. The van der Waals surface area contributed by atoms with E-state index < -0.39 is 0 Å². The highest BCUT2D eigenvalue weighted by atomic mass is 15.1. The number of para-hydroxylation sites is 1. The first-order valence-corrected chi connectivity index (χ1v) is 3.82. The van der Waals surface area contributed by atoms with Crippen LogP contribution in [-0.2, 0) is 0 Å². The molecule has 0 fully saturated rings. The third kappa shape index (κ3) is 2.60. The lowest BCUT2D eigenvalue weighted by Gasteiger charge is -2.13. The number of hydrogen-bond donors (Lipinski definition) is 2. The number of rotatable bonds is 3. The maximum atomic E-state index is 3.28. The van der Waals surface area contributed by atoms with Gasteiger partial charge in [-0.25, -0.2) is 0 Å². The molecule has 1 atom stereocenters. The van der Waals surface area contributed by atoms with Crippen LogP contribution in [0, 0.1) is 0 Å². The maximum absolute atomic E-state index is 3.28. The van der Waals surface area contributed by atoms with E-state index in [0.717, 1.165) is 5.69 Å². The Balaban J connectivity index is 2.51. The lowest BCUT2D eigenvalue weighted by molar-refractivity contribution is 0.682.